The van der Waals surface area contributed by atoms with E-state index < -0.39 is 0 Å². The zero-order chi connectivity index (χ0) is 10.8. The topological polar surface area (TPSA) is 26.0 Å². The lowest BCUT2D eigenvalue weighted by molar-refractivity contribution is 0.626. The Balaban J connectivity index is 2.32. The number of halogens is 2. The first kappa shape index (κ1) is 10.6. The molecule has 4 heteroatoms. The minimum Gasteiger partial charge on any atom is -0.320 e. The van der Waals surface area contributed by atoms with Crippen LogP contribution in [-0.2, 0) is 0 Å². The molecule has 0 fully saturated rings. The first-order chi connectivity index (χ1) is 7.18. The minimum absolute atomic E-state index is 0.261. The van der Waals surface area contributed by atoms with Gasteiger partial charge in [0.25, 0.3) is 0 Å². The van der Waals surface area contributed by atoms with Crippen molar-refractivity contribution in [1.82, 2.24) is 0 Å². The molecule has 1 aromatic carbocycles. The van der Waals surface area contributed by atoms with E-state index in [9.17, 15) is 4.39 Å². The molecule has 0 radical (unpaired) electrons. The summed E-state index contributed by atoms with van der Waals surface area (Å²) in [6.07, 6.45) is 0. The molecule has 1 atom stereocenters. The summed E-state index contributed by atoms with van der Waals surface area (Å²) in [4.78, 5) is 0.906. The quantitative estimate of drug-likeness (QED) is 0.855. The smallest absolute Gasteiger partial charge is 0.123 e. The molecule has 0 amide bonds. The molecule has 0 saturated carbocycles. The molecule has 1 nitrogen and oxygen atoms in total. The molecular weight excluding hydrogens is 233 g/mol. The number of thiophene rings is 1. The van der Waals surface area contributed by atoms with Gasteiger partial charge in [-0.15, -0.1) is 11.3 Å². The van der Waals surface area contributed by atoms with Gasteiger partial charge in [-0.2, -0.15) is 0 Å². The zero-order valence-electron chi connectivity index (χ0n) is 7.78. The Morgan fingerprint density at radius 2 is 1.87 bits per heavy atom. The van der Waals surface area contributed by atoms with E-state index in [2.05, 4.69) is 0 Å². The van der Waals surface area contributed by atoms with Crippen LogP contribution < -0.4 is 5.73 Å². The van der Waals surface area contributed by atoms with Crippen molar-refractivity contribution in [3.05, 3.63) is 57.0 Å². The van der Waals surface area contributed by atoms with Crippen LogP contribution in [0.1, 0.15) is 16.5 Å². The lowest BCUT2D eigenvalue weighted by Gasteiger charge is -2.10. The number of rotatable bonds is 2. The Morgan fingerprint density at radius 3 is 2.40 bits per heavy atom. The van der Waals surface area contributed by atoms with Crippen LogP contribution in [-0.4, -0.2) is 0 Å². The maximum Gasteiger partial charge on any atom is 0.123 e. The van der Waals surface area contributed by atoms with Crippen molar-refractivity contribution in [2.45, 2.75) is 6.04 Å². The average Bonchev–Trinajstić information content (AvgIpc) is 2.65. The number of benzene rings is 1. The molecule has 2 aromatic rings. The summed E-state index contributed by atoms with van der Waals surface area (Å²) in [5, 5.41) is 2.55. The third-order valence-corrected chi connectivity index (χ3v) is 3.60. The van der Waals surface area contributed by atoms with Gasteiger partial charge in [-0.25, -0.2) is 4.39 Å². The largest absolute Gasteiger partial charge is 0.320 e. The third-order valence-electron chi connectivity index (χ3n) is 2.16. The molecule has 1 heterocycles. The van der Waals surface area contributed by atoms with Crippen LogP contribution in [0.4, 0.5) is 4.39 Å². The van der Waals surface area contributed by atoms with E-state index in [0.29, 0.717) is 5.02 Å². The van der Waals surface area contributed by atoms with Crippen LogP contribution in [0.3, 0.4) is 0 Å². The zero-order valence-corrected chi connectivity index (χ0v) is 9.36. The molecule has 0 aliphatic rings. The van der Waals surface area contributed by atoms with E-state index in [1.165, 1.54) is 23.5 Å². The Labute approximate surface area is 96.3 Å². The molecule has 1 aromatic heterocycles. The normalized spacial score (nSPS) is 12.7. The summed E-state index contributed by atoms with van der Waals surface area (Å²) >= 11 is 7.48. The molecule has 15 heavy (non-hydrogen) atoms. The number of hydrogen-bond acceptors (Lipinski definition) is 2. The van der Waals surface area contributed by atoms with Gasteiger partial charge in [0.2, 0.25) is 0 Å². The maximum absolute atomic E-state index is 12.7. The highest BCUT2D eigenvalue weighted by Crippen LogP contribution is 2.31. The van der Waals surface area contributed by atoms with Gasteiger partial charge >= 0.3 is 0 Å². The van der Waals surface area contributed by atoms with Gasteiger partial charge in [-0.1, -0.05) is 23.7 Å². The Kier molecular flexibility index (Phi) is 3.05. The number of hydrogen-bond donors (Lipinski definition) is 1. The van der Waals surface area contributed by atoms with Crippen molar-refractivity contribution in [3.63, 3.8) is 0 Å². The monoisotopic (exact) mass is 241 g/mol. The summed E-state index contributed by atoms with van der Waals surface area (Å²) in [7, 11) is 0. The third kappa shape index (κ3) is 2.20. The molecule has 0 aliphatic heterocycles. The van der Waals surface area contributed by atoms with Crippen LogP contribution in [0, 0.1) is 5.82 Å². The van der Waals surface area contributed by atoms with E-state index in [0.717, 1.165) is 10.4 Å². The Bertz CT molecular complexity index is 452. The predicted molar refractivity (Wildman–Crippen MR) is 61.8 cm³/mol. The second-order valence-electron chi connectivity index (χ2n) is 3.16. The highest BCUT2D eigenvalue weighted by molar-refractivity contribution is 7.10. The Morgan fingerprint density at radius 1 is 1.20 bits per heavy atom. The Hall–Kier alpha value is -0.900. The van der Waals surface area contributed by atoms with Gasteiger partial charge in [-0.3, -0.25) is 0 Å². The lowest BCUT2D eigenvalue weighted by Crippen LogP contribution is -2.10. The minimum atomic E-state index is -0.280. The van der Waals surface area contributed by atoms with E-state index in [1.807, 2.05) is 11.4 Å². The molecule has 0 bridgehead atoms. The highest BCUT2D eigenvalue weighted by Gasteiger charge is 2.13. The molecule has 2 N–H and O–H groups in total. The molecule has 0 spiro atoms. The van der Waals surface area contributed by atoms with Gasteiger partial charge in [0, 0.05) is 4.88 Å². The first-order valence-electron chi connectivity index (χ1n) is 4.42. The summed E-state index contributed by atoms with van der Waals surface area (Å²) in [6, 6.07) is 7.68. The van der Waals surface area contributed by atoms with E-state index >= 15 is 0 Å². The fourth-order valence-corrected chi connectivity index (χ4v) is 2.55. The van der Waals surface area contributed by atoms with Gasteiger partial charge in [0.05, 0.1) is 11.1 Å². The fourth-order valence-electron chi connectivity index (χ4n) is 1.35. The van der Waals surface area contributed by atoms with Crippen molar-refractivity contribution in [1.29, 1.82) is 0 Å². The van der Waals surface area contributed by atoms with Crippen LogP contribution in [0.15, 0.2) is 35.7 Å². The van der Waals surface area contributed by atoms with Gasteiger partial charge in [-0.05, 0) is 29.1 Å². The van der Waals surface area contributed by atoms with Crippen molar-refractivity contribution < 1.29 is 4.39 Å². The van der Waals surface area contributed by atoms with E-state index in [-0.39, 0.29) is 11.9 Å². The summed E-state index contributed by atoms with van der Waals surface area (Å²) in [5.41, 5.74) is 6.88. The van der Waals surface area contributed by atoms with E-state index in [4.69, 9.17) is 17.3 Å². The molecule has 0 aliphatic carbocycles. The van der Waals surface area contributed by atoms with Crippen LogP contribution in [0.5, 0.6) is 0 Å². The van der Waals surface area contributed by atoms with Gasteiger partial charge in [0.15, 0.2) is 0 Å². The summed E-state index contributed by atoms with van der Waals surface area (Å²) < 4.78 is 12.7. The van der Waals surface area contributed by atoms with Crippen molar-refractivity contribution in [2.75, 3.05) is 0 Å². The van der Waals surface area contributed by atoms with Gasteiger partial charge in [0.1, 0.15) is 5.82 Å². The van der Waals surface area contributed by atoms with Crippen molar-refractivity contribution in [2.24, 2.45) is 5.73 Å². The fraction of sp³-hybridized carbons (Fsp3) is 0.0909. The second kappa shape index (κ2) is 4.31. The molecule has 1 unspecified atom stereocenters. The second-order valence-corrected chi connectivity index (χ2v) is 4.52. The summed E-state index contributed by atoms with van der Waals surface area (Å²) in [5.74, 6) is -0.261. The molecule has 0 saturated heterocycles. The molecule has 78 valence electrons. The standard InChI is InChI=1S/C11H9ClFNS/c12-9-5-6-15-11(9)10(14)7-1-3-8(13)4-2-7/h1-6,10H,14H2. The maximum atomic E-state index is 12.7. The predicted octanol–water partition coefficient (Wildman–Crippen LogP) is 3.59. The average molecular weight is 242 g/mol. The van der Waals surface area contributed by atoms with Crippen LogP contribution in [0.2, 0.25) is 5.02 Å². The van der Waals surface area contributed by atoms with E-state index in [1.54, 1.807) is 12.1 Å². The lowest BCUT2D eigenvalue weighted by atomic mass is 10.1. The molecule has 2 rings (SSSR count). The van der Waals surface area contributed by atoms with Gasteiger partial charge < -0.3 is 5.73 Å². The molecular formula is C11H9ClFNS. The SMILES string of the molecule is NC(c1ccc(F)cc1)c1sccc1Cl. The first-order valence-corrected chi connectivity index (χ1v) is 5.68. The summed E-state index contributed by atoms with van der Waals surface area (Å²) in [6.45, 7) is 0. The van der Waals surface area contributed by atoms with Crippen molar-refractivity contribution in [3.8, 4) is 0 Å². The van der Waals surface area contributed by atoms with Crippen LogP contribution >= 0.6 is 22.9 Å². The number of nitrogens with two attached hydrogens (primary N) is 1. The van der Waals surface area contributed by atoms with Crippen molar-refractivity contribution >= 4 is 22.9 Å². The highest BCUT2D eigenvalue weighted by atomic mass is 35.5. The van der Waals surface area contributed by atoms with Crippen LogP contribution in [0.25, 0.3) is 0 Å².